The average molecular weight is 338 g/mol. The van der Waals surface area contributed by atoms with E-state index in [-0.39, 0.29) is 0 Å². The first-order chi connectivity index (χ1) is 12.2. The quantitative estimate of drug-likeness (QED) is 0.834. The number of fused-ring (bicyclic) bond motifs is 4. The highest BCUT2D eigenvalue weighted by atomic mass is 15.3. The highest BCUT2D eigenvalue weighted by Gasteiger charge is 2.34. The summed E-state index contributed by atoms with van der Waals surface area (Å²) in [6.07, 6.45) is 8.31. The first kappa shape index (κ1) is 16.8. The molecule has 0 aliphatic carbocycles. The number of aryl methyl sites for hydroxylation is 1. The van der Waals surface area contributed by atoms with Gasteiger partial charge in [0.2, 0.25) is 0 Å². The van der Waals surface area contributed by atoms with E-state index in [1.54, 1.807) is 0 Å². The lowest BCUT2D eigenvalue weighted by Crippen LogP contribution is -2.44. The molecule has 4 heteroatoms. The molecule has 0 saturated carbocycles. The topological polar surface area (TPSA) is 24.3 Å². The molecule has 0 unspecified atom stereocenters. The van der Waals surface area contributed by atoms with Crippen molar-refractivity contribution >= 4 is 0 Å². The van der Waals surface area contributed by atoms with E-state index in [4.69, 9.17) is 0 Å². The lowest BCUT2D eigenvalue weighted by molar-refractivity contribution is 0.131. The third kappa shape index (κ3) is 3.65. The van der Waals surface area contributed by atoms with Crippen LogP contribution >= 0.6 is 0 Å². The monoisotopic (exact) mass is 338 g/mol. The van der Waals surface area contributed by atoms with Crippen molar-refractivity contribution in [3.05, 3.63) is 47.8 Å². The third-order valence-corrected chi connectivity index (χ3v) is 5.82. The van der Waals surface area contributed by atoms with Crippen molar-refractivity contribution in [1.29, 1.82) is 0 Å². The highest BCUT2D eigenvalue weighted by molar-refractivity contribution is 5.39. The third-order valence-electron chi connectivity index (χ3n) is 5.82. The van der Waals surface area contributed by atoms with Gasteiger partial charge in [0.15, 0.2) is 0 Å². The molecular formula is C21H30N4. The summed E-state index contributed by atoms with van der Waals surface area (Å²) in [7, 11) is 0. The molecular weight excluding hydrogens is 308 g/mol. The van der Waals surface area contributed by atoms with E-state index in [1.165, 1.54) is 62.3 Å². The van der Waals surface area contributed by atoms with Crippen molar-refractivity contribution in [3.8, 4) is 5.69 Å². The van der Waals surface area contributed by atoms with Crippen LogP contribution in [-0.2, 0) is 6.54 Å². The number of aromatic nitrogens is 2. The van der Waals surface area contributed by atoms with Crippen LogP contribution in [0.25, 0.3) is 5.69 Å². The van der Waals surface area contributed by atoms with Gasteiger partial charge in [0.05, 0.1) is 11.9 Å². The van der Waals surface area contributed by atoms with Crippen LogP contribution in [0, 0.1) is 12.8 Å². The van der Waals surface area contributed by atoms with Crippen molar-refractivity contribution in [1.82, 2.24) is 19.6 Å². The number of benzene rings is 1. The molecule has 5 rings (SSSR count). The summed E-state index contributed by atoms with van der Waals surface area (Å²) in [5, 5.41) is 4.61. The zero-order chi connectivity index (χ0) is 17.2. The second-order valence-electron chi connectivity index (χ2n) is 7.87. The van der Waals surface area contributed by atoms with Crippen molar-refractivity contribution < 1.29 is 0 Å². The molecule has 0 spiro atoms. The van der Waals surface area contributed by atoms with Gasteiger partial charge in [-0.25, -0.2) is 4.68 Å². The SMILES string of the molecule is CCCN1C[C@@H]2CC[C@H]1CN(Cc1cnn(-c3ccccc3C)c1)C2. The molecule has 4 heterocycles. The molecule has 0 N–H and O–H groups in total. The van der Waals surface area contributed by atoms with Gasteiger partial charge in [0.1, 0.15) is 0 Å². The second kappa shape index (κ2) is 7.30. The van der Waals surface area contributed by atoms with Crippen LogP contribution in [-0.4, -0.2) is 51.8 Å². The standard InChI is InChI=1S/C21H30N4/c1-3-10-24-14-18-8-9-20(24)16-23(12-18)13-19-11-22-25(15-19)21-7-5-4-6-17(21)2/h4-7,11,15,18,20H,3,8-10,12-14,16H2,1-2H3/t18-,20+/m1/s1. The zero-order valence-electron chi connectivity index (χ0n) is 15.6. The summed E-state index contributed by atoms with van der Waals surface area (Å²) in [6.45, 7) is 10.5. The van der Waals surface area contributed by atoms with Crippen molar-refractivity contribution in [3.63, 3.8) is 0 Å². The van der Waals surface area contributed by atoms with Gasteiger partial charge in [0.25, 0.3) is 0 Å². The average Bonchev–Trinajstić information content (AvgIpc) is 2.89. The fourth-order valence-electron chi connectivity index (χ4n) is 4.62. The van der Waals surface area contributed by atoms with Crippen molar-refractivity contribution in [2.24, 2.45) is 5.92 Å². The summed E-state index contributed by atoms with van der Waals surface area (Å²) in [6, 6.07) is 9.20. The minimum Gasteiger partial charge on any atom is -0.299 e. The maximum atomic E-state index is 4.61. The first-order valence-corrected chi connectivity index (χ1v) is 9.79. The first-order valence-electron chi connectivity index (χ1n) is 9.79. The minimum atomic E-state index is 0.755. The number of piperidine rings is 1. The number of hydrogen-bond donors (Lipinski definition) is 0. The molecule has 3 saturated heterocycles. The van der Waals surface area contributed by atoms with Gasteiger partial charge in [0, 0.05) is 44.0 Å². The molecule has 3 fully saturated rings. The van der Waals surface area contributed by atoms with Crippen LogP contribution in [0.1, 0.15) is 37.3 Å². The Labute approximate surface area is 151 Å². The fourth-order valence-corrected chi connectivity index (χ4v) is 4.62. The highest BCUT2D eigenvalue weighted by Crippen LogP contribution is 2.29. The summed E-state index contributed by atoms with van der Waals surface area (Å²) >= 11 is 0. The van der Waals surface area contributed by atoms with Gasteiger partial charge in [-0.3, -0.25) is 9.80 Å². The Balaban J connectivity index is 1.46. The lowest BCUT2D eigenvalue weighted by Gasteiger charge is -2.35. The molecule has 25 heavy (non-hydrogen) atoms. The van der Waals surface area contributed by atoms with Gasteiger partial charge in [-0.15, -0.1) is 0 Å². The number of rotatable bonds is 5. The van der Waals surface area contributed by atoms with Gasteiger partial charge >= 0.3 is 0 Å². The molecule has 3 aliphatic rings. The van der Waals surface area contributed by atoms with Crippen LogP contribution in [0.15, 0.2) is 36.7 Å². The van der Waals surface area contributed by atoms with Gasteiger partial charge in [-0.2, -0.15) is 5.10 Å². The number of hydrogen-bond acceptors (Lipinski definition) is 3. The van der Waals surface area contributed by atoms with Gasteiger partial charge < -0.3 is 0 Å². The zero-order valence-corrected chi connectivity index (χ0v) is 15.6. The molecule has 2 aromatic rings. The molecule has 0 amide bonds. The van der Waals surface area contributed by atoms with E-state index in [0.717, 1.165) is 18.5 Å². The van der Waals surface area contributed by atoms with Crippen LogP contribution < -0.4 is 0 Å². The molecule has 134 valence electrons. The number of nitrogens with zero attached hydrogens (tertiary/aromatic N) is 4. The van der Waals surface area contributed by atoms with E-state index in [1.807, 2.05) is 10.9 Å². The summed E-state index contributed by atoms with van der Waals surface area (Å²) in [4.78, 5) is 5.40. The summed E-state index contributed by atoms with van der Waals surface area (Å²) < 4.78 is 2.03. The summed E-state index contributed by atoms with van der Waals surface area (Å²) in [5.41, 5.74) is 3.77. The van der Waals surface area contributed by atoms with Crippen molar-refractivity contribution in [2.75, 3.05) is 26.2 Å². The predicted octanol–water partition coefficient (Wildman–Crippen LogP) is 3.49. The largest absolute Gasteiger partial charge is 0.299 e. The summed E-state index contributed by atoms with van der Waals surface area (Å²) in [5.74, 6) is 0.844. The Morgan fingerprint density at radius 2 is 2.00 bits per heavy atom. The smallest absolute Gasteiger partial charge is 0.0674 e. The molecule has 4 nitrogen and oxygen atoms in total. The van der Waals surface area contributed by atoms with Crippen LogP contribution in [0.4, 0.5) is 0 Å². The predicted molar refractivity (Wildman–Crippen MR) is 102 cm³/mol. The van der Waals surface area contributed by atoms with Crippen molar-refractivity contribution in [2.45, 2.75) is 45.7 Å². The Morgan fingerprint density at radius 3 is 2.84 bits per heavy atom. The van der Waals surface area contributed by atoms with E-state index < -0.39 is 0 Å². The normalized spacial score (nSPS) is 24.6. The second-order valence-corrected chi connectivity index (χ2v) is 7.87. The van der Waals surface area contributed by atoms with Gasteiger partial charge in [-0.1, -0.05) is 25.1 Å². The van der Waals surface area contributed by atoms with Crippen LogP contribution in [0.5, 0.6) is 0 Å². The Bertz CT molecular complexity index is 707. The molecule has 2 bridgehead atoms. The molecule has 0 radical (unpaired) electrons. The maximum Gasteiger partial charge on any atom is 0.0674 e. The van der Waals surface area contributed by atoms with E-state index in [0.29, 0.717) is 0 Å². The Kier molecular flexibility index (Phi) is 4.91. The van der Waals surface area contributed by atoms with Gasteiger partial charge in [-0.05, 0) is 50.3 Å². The molecule has 1 aromatic heterocycles. The van der Waals surface area contributed by atoms with Crippen LogP contribution in [0.3, 0.4) is 0 Å². The van der Waals surface area contributed by atoms with E-state index in [9.17, 15) is 0 Å². The molecule has 2 atom stereocenters. The minimum absolute atomic E-state index is 0.755. The fraction of sp³-hybridized carbons (Fsp3) is 0.571. The maximum absolute atomic E-state index is 4.61. The van der Waals surface area contributed by atoms with E-state index in [2.05, 4.69) is 59.2 Å². The Morgan fingerprint density at radius 1 is 1.12 bits per heavy atom. The molecule has 1 aromatic carbocycles. The number of para-hydroxylation sites is 1. The van der Waals surface area contributed by atoms with E-state index >= 15 is 0 Å². The Hall–Kier alpha value is -1.65. The van der Waals surface area contributed by atoms with Crippen LogP contribution in [0.2, 0.25) is 0 Å². The molecule has 3 aliphatic heterocycles. The lowest BCUT2D eigenvalue weighted by atomic mass is 9.95.